The van der Waals surface area contributed by atoms with Crippen molar-refractivity contribution in [3.63, 3.8) is 0 Å². The molecule has 3 rings (SSSR count). The summed E-state index contributed by atoms with van der Waals surface area (Å²) < 4.78 is 11.3. The fourth-order valence-electron chi connectivity index (χ4n) is 4.34. The molecule has 0 unspecified atom stereocenters. The predicted octanol–water partition coefficient (Wildman–Crippen LogP) is 6.16. The summed E-state index contributed by atoms with van der Waals surface area (Å²) in [4.78, 5) is 25.7. The van der Waals surface area contributed by atoms with Crippen molar-refractivity contribution in [1.82, 2.24) is 0 Å². The van der Waals surface area contributed by atoms with Crippen LogP contribution in [0, 0.1) is 11.8 Å². The van der Waals surface area contributed by atoms with E-state index in [1.807, 2.05) is 66.7 Å². The Hall–Kier alpha value is -3.23. The molecule has 0 N–H and O–H groups in total. The molecule has 0 saturated heterocycles. The van der Waals surface area contributed by atoms with Crippen molar-refractivity contribution in [2.45, 2.75) is 47.1 Å². The van der Waals surface area contributed by atoms with Crippen LogP contribution in [0.1, 0.15) is 51.4 Å². The summed E-state index contributed by atoms with van der Waals surface area (Å²) >= 11 is 0. The summed E-state index contributed by atoms with van der Waals surface area (Å²) in [5.74, 6) is -0.471. The van der Waals surface area contributed by atoms with Gasteiger partial charge in [-0.2, -0.15) is 0 Å². The third-order valence-electron chi connectivity index (χ3n) is 6.25. The van der Waals surface area contributed by atoms with Gasteiger partial charge in [0.25, 0.3) is 0 Å². The third kappa shape index (κ3) is 7.63. The van der Waals surface area contributed by atoms with E-state index in [1.165, 1.54) is 10.6 Å². The molecule has 0 aliphatic carbocycles. The topological polar surface area (TPSA) is 52.6 Å². The van der Waals surface area contributed by atoms with Crippen molar-refractivity contribution in [3.8, 4) is 0 Å². The van der Waals surface area contributed by atoms with Gasteiger partial charge >= 0.3 is 11.9 Å². The summed E-state index contributed by atoms with van der Waals surface area (Å²) in [6.07, 6.45) is 2.19. The molecule has 0 aliphatic rings. The number of esters is 2. The van der Waals surface area contributed by atoms with E-state index < -0.39 is 7.92 Å². The van der Waals surface area contributed by atoms with Gasteiger partial charge in [-0.15, -0.1) is 0 Å². The van der Waals surface area contributed by atoms with Crippen molar-refractivity contribution in [2.75, 3.05) is 6.61 Å². The fraction of sp³-hybridized carbons (Fsp3) is 0.312. The van der Waals surface area contributed by atoms with Gasteiger partial charge in [0.05, 0.1) is 12.2 Å². The minimum absolute atomic E-state index is 0.0326. The first kappa shape index (κ1) is 28.3. The highest BCUT2D eigenvalue weighted by Gasteiger charge is 2.28. The zero-order valence-corrected chi connectivity index (χ0v) is 23.3. The molecule has 0 aliphatic heterocycles. The molecule has 0 aromatic heterocycles. The van der Waals surface area contributed by atoms with Gasteiger partial charge in [0.2, 0.25) is 0 Å². The number of allylic oxidation sites excluding steroid dienone is 1. The second kappa shape index (κ2) is 13.9. The van der Waals surface area contributed by atoms with Crippen molar-refractivity contribution in [1.29, 1.82) is 0 Å². The van der Waals surface area contributed by atoms with Crippen LogP contribution >= 0.6 is 7.92 Å². The molecule has 0 bridgehead atoms. The smallest absolute Gasteiger partial charge is 0.339 e. The molecule has 2 atom stereocenters. The van der Waals surface area contributed by atoms with Crippen LogP contribution in [0.5, 0.6) is 0 Å². The van der Waals surface area contributed by atoms with Gasteiger partial charge in [0.15, 0.2) is 0 Å². The molecule has 0 amide bonds. The molecular formula is C32H37O4P. The Morgan fingerprint density at radius 1 is 0.838 bits per heavy atom. The zero-order chi connectivity index (χ0) is 26.8. The SMILES string of the molecule is CCOC(=O)/C(C)=C\C[C@H](C)[C@@H](OC(=O)c1ccccc1P(c1ccccc1)c1ccccc1)C(C)C. The van der Waals surface area contributed by atoms with Crippen molar-refractivity contribution >= 4 is 35.8 Å². The van der Waals surface area contributed by atoms with Crippen LogP contribution in [0.4, 0.5) is 0 Å². The lowest BCUT2D eigenvalue weighted by atomic mass is 9.91. The largest absolute Gasteiger partial charge is 0.463 e. The number of benzene rings is 3. The predicted molar refractivity (Wildman–Crippen MR) is 153 cm³/mol. The molecule has 37 heavy (non-hydrogen) atoms. The second-order valence-electron chi connectivity index (χ2n) is 9.46. The van der Waals surface area contributed by atoms with Crippen LogP contribution in [0.3, 0.4) is 0 Å². The minimum atomic E-state index is -0.943. The maximum Gasteiger partial charge on any atom is 0.339 e. The maximum absolute atomic E-state index is 13.7. The standard InChI is InChI=1S/C32H37O4P/c1-6-35-31(33)25(5)22-21-24(4)30(23(2)3)36-32(34)28-19-13-14-20-29(28)37(26-15-9-7-10-16-26)27-17-11-8-12-18-27/h7-20,22-24,30H,6,21H2,1-5H3/b25-22-/t24-,30-/m0/s1. The molecule has 0 saturated carbocycles. The van der Waals surface area contributed by atoms with Gasteiger partial charge in [-0.1, -0.05) is 106 Å². The third-order valence-corrected chi connectivity index (χ3v) is 8.75. The van der Waals surface area contributed by atoms with Crippen LogP contribution < -0.4 is 15.9 Å². The number of carbonyl (C=O) groups is 2. The monoisotopic (exact) mass is 516 g/mol. The Balaban J connectivity index is 1.90. The lowest BCUT2D eigenvalue weighted by Gasteiger charge is -2.28. The first-order valence-electron chi connectivity index (χ1n) is 12.9. The van der Waals surface area contributed by atoms with E-state index in [2.05, 4.69) is 45.0 Å². The zero-order valence-electron chi connectivity index (χ0n) is 22.4. The van der Waals surface area contributed by atoms with E-state index in [0.717, 1.165) is 5.30 Å². The average molecular weight is 517 g/mol. The molecule has 194 valence electrons. The maximum atomic E-state index is 13.7. The van der Waals surface area contributed by atoms with Crippen LogP contribution in [0.2, 0.25) is 0 Å². The molecule has 0 radical (unpaired) electrons. The molecule has 0 spiro atoms. The van der Waals surface area contributed by atoms with Crippen LogP contribution in [0.25, 0.3) is 0 Å². The first-order valence-corrected chi connectivity index (χ1v) is 14.2. The van der Waals surface area contributed by atoms with Gasteiger partial charge in [-0.05, 0) is 62.0 Å². The second-order valence-corrected chi connectivity index (χ2v) is 11.6. The number of hydrogen-bond donors (Lipinski definition) is 0. The molecule has 3 aromatic rings. The summed E-state index contributed by atoms with van der Waals surface area (Å²) in [7, 11) is -0.943. The van der Waals surface area contributed by atoms with Gasteiger partial charge in [0, 0.05) is 5.57 Å². The molecular weight excluding hydrogens is 479 g/mol. The van der Waals surface area contributed by atoms with Crippen LogP contribution in [-0.2, 0) is 14.3 Å². The van der Waals surface area contributed by atoms with E-state index in [4.69, 9.17) is 9.47 Å². The Bertz CT molecular complexity index is 1150. The van der Waals surface area contributed by atoms with Crippen molar-refractivity contribution in [3.05, 3.63) is 102 Å². The first-order chi connectivity index (χ1) is 17.8. The normalized spacial score (nSPS) is 13.3. The van der Waals surface area contributed by atoms with E-state index >= 15 is 0 Å². The highest BCUT2D eigenvalue weighted by Crippen LogP contribution is 2.34. The Labute approximate surface area is 222 Å². The van der Waals surface area contributed by atoms with Gasteiger partial charge in [-0.25, -0.2) is 9.59 Å². The van der Waals surface area contributed by atoms with E-state index in [1.54, 1.807) is 13.8 Å². The number of rotatable bonds is 11. The minimum Gasteiger partial charge on any atom is -0.463 e. The molecule has 0 fully saturated rings. The fourth-order valence-corrected chi connectivity index (χ4v) is 6.78. The van der Waals surface area contributed by atoms with Crippen molar-refractivity contribution < 1.29 is 19.1 Å². The van der Waals surface area contributed by atoms with E-state index in [9.17, 15) is 9.59 Å². The van der Waals surface area contributed by atoms with Gasteiger partial charge in [-0.3, -0.25) is 0 Å². The van der Waals surface area contributed by atoms with E-state index in [0.29, 0.717) is 24.2 Å². The molecule has 5 heteroatoms. The number of ether oxygens (including phenoxy) is 2. The molecule has 4 nitrogen and oxygen atoms in total. The quantitative estimate of drug-likeness (QED) is 0.174. The van der Waals surface area contributed by atoms with E-state index in [-0.39, 0.29) is 29.9 Å². The highest BCUT2D eigenvalue weighted by atomic mass is 31.1. The number of hydrogen-bond acceptors (Lipinski definition) is 4. The van der Waals surface area contributed by atoms with Gasteiger partial charge in [0.1, 0.15) is 6.10 Å². The summed E-state index contributed by atoms with van der Waals surface area (Å²) in [6.45, 7) is 10.1. The molecule has 3 aromatic carbocycles. The summed E-state index contributed by atoms with van der Waals surface area (Å²) in [6, 6.07) is 28.5. The average Bonchev–Trinajstić information content (AvgIpc) is 2.91. The van der Waals surface area contributed by atoms with Crippen LogP contribution in [0.15, 0.2) is 96.6 Å². The summed E-state index contributed by atoms with van der Waals surface area (Å²) in [5.41, 5.74) is 1.17. The highest BCUT2D eigenvalue weighted by molar-refractivity contribution is 7.80. The Morgan fingerprint density at radius 2 is 1.38 bits per heavy atom. The summed E-state index contributed by atoms with van der Waals surface area (Å²) in [5, 5.41) is 3.34. The lowest BCUT2D eigenvalue weighted by molar-refractivity contribution is -0.138. The Kier molecular flexibility index (Phi) is 10.7. The Morgan fingerprint density at radius 3 is 1.92 bits per heavy atom. The van der Waals surface area contributed by atoms with Crippen LogP contribution in [-0.4, -0.2) is 24.6 Å². The lowest BCUT2D eigenvalue weighted by Crippen LogP contribution is -2.33. The molecule has 0 heterocycles. The number of carbonyl (C=O) groups excluding carboxylic acids is 2. The van der Waals surface area contributed by atoms with Gasteiger partial charge < -0.3 is 9.47 Å². The van der Waals surface area contributed by atoms with Crippen molar-refractivity contribution in [2.24, 2.45) is 11.8 Å².